The van der Waals surface area contributed by atoms with Crippen molar-refractivity contribution in [1.82, 2.24) is 20.9 Å². The molecule has 8 heteroatoms. The lowest BCUT2D eigenvalue weighted by Crippen LogP contribution is -2.44. The number of amides is 4. The number of carbonyl (C=O) groups excluding carboxylic acids is 3. The van der Waals surface area contributed by atoms with Crippen LogP contribution in [0.2, 0.25) is 0 Å². The number of methoxy groups -OCH3 is 1. The maximum atomic E-state index is 11.5. The van der Waals surface area contributed by atoms with Gasteiger partial charge in [-0.3, -0.25) is 9.69 Å². The highest BCUT2D eigenvalue weighted by atomic mass is 16.5. The fourth-order valence-electron chi connectivity index (χ4n) is 1.75. The van der Waals surface area contributed by atoms with Crippen LogP contribution in [0.3, 0.4) is 0 Å². The third kappa shape index (κ3) is 1.73. The molecule has 2 saturated heterocycles. The number of nitrogens with zero attached hydrogens (tertiary/aromatic N) is 1. The molecule has 88 valence electrons. The zero-order chi connectivity index (χ0) is 11.7. The molecule has 2 heterocycles. The maximum absolute atomic E-state index is 11.5. The van der Waals surface area contributed by atoms with Gasteiger partial charge >= 0.3 is 18.0 Å². The largest absolute Gasteiger partial charge is 0.469 e. The van der Waals surface area contributed by atoms with Gasteiger partial charge in [0.2, 0.25) is 0 Å². The van der Waals surface area contributed by atoms with Crippen molar-refractivity contribution in [3.63, 3.8) is 0 Å². The Balaban J connectivity index is 1.95. The molecule has 0 aliphatic carbocycles. The minimum atomic E-state index is -0.440. The lowest BCUT2D eigenvalue weighted by Gasteiger charge is -2.20. The summed E-state index contributed by atoms with van der Waals surface area (Å²) in [5, 5.41) is 7.69. The highest BCUT2D eigenvalue weighted by molar-refractivity contribution is 5.85. The van der Waals surface area contributed by atoms with Crippen LogP contribution < -0.4 is 16.0 Å². The minimum Gasteiger partial charge on any atom is -0.469 e. The Morgan fingerprint density at radius 1 is 1.38 bits per heavy atom. The van der Waals surface area contributed by atoms with Gasteiger partial charge in [0, 0.05) is 6.54 Å². The average molecular weight is 228 g/mol. The molecule has 0 unspecified atom stereocenters. The van der Waals surface area contributed by atoms with E-state index in [0.717, 1.165) is 0 Å². The van der Waals surface area contributed by atoms with Crippen molar-refractivity contribution in [2.75, 3.05) is 13.7 Å². The minimum absolute atomic E-state index is 0.100. The topological polar surface area (TPSA) is 99.8 Å². The number of hydrogen-bond donors (Lipinski definition) is 3. The highest BCUT2D eigenvalue weighted by Gasteiger charge is 2.45. The van der Waals surface area contributed by atoms with Crippen LogP contribution in [0.15, 0.2) is 0 Å². The highest BCUT2D eigenvalue weighted by Crippen LogP contribution is 2.14. The molecular formula is C8H12N4O4. The molecule has 2 rings (SSSR count). The van der Waals surface area contributed by atoms with Crippen molar-refractivity contribution in [2.24, 2.45) is 0 Å². The zero-order valence-electron chi connectivity index (χ0n) is 8.65. The monoisotopic (exact) mass is 228 g/mol. The SMILES string of the molecule is COC(=O)CCN1C(=O)N[C@H]2NC(=O)N[C@@H]21. The molecule has 0 spiro atoms. The molecule has 4 amide bonds. The third-order valence-electron chi connectivity index (χ3n) is 2.54. The van der Waals surface area contributed by atoms with Crippen LogP contribution in [-0.2, 0) is 9.53 Å². The standard InChI is InChI=1S/C8H12N4O4/c1-16-4(13)2-3-12-6-5(10-8(12)15)9-7(14)11-6/h5-6H,2-3H2,1H3,(H,10,15)(H2,9,11,14)/t5-,6-/m1/s1. The summed E-state index contributed by atoms with van der Waals surface area (Å²) in [6.07, 6.45) is -0.773. The number of nitrogens with one attached hydrogen (secondary N) is 3. The molecule has 16 heavy (non-hydrogen) atoms. The van der Waals surface area contributed by atoms with Gasteiger partial charge in [0.1, 0.15) is 12.3 Å². The Labute approximate surface area is 91.3 Å². The van der Waals surface area contributed by atoms with Crippen molar-refractivity contribution >= 4 is 18.0 Å². The summed E-state index contributed by atoms with van der Waals surface area (Å²) in [5.74, 6) is -0.395. The predicted octanol–water partition coefficient (Wildman–Crippen LogP) is -1.46. The van der Waals surface area contributed by atoms with Gasteiger partial charge < -0.3 is 20.7 Å². The van der Waals surface area contributed by atoms with E-state index >= 15 is 0 Å². The predicted molar refractivity (Wildman–Crippen MR) is 51.1 cm³/mol. The van der Waals surface area contributed by atoms with Crippen LogP contribution in [0.1, 0.15) is 6.42 Å². The Morgan fingerprint density at radius 3 is 2.81 bits per heavy atom. The van der Waals surface area contributed by atoms with Gasteiger partial charge in [0.05, 0.1) is 13.5 Å². The van der Waals surface area contributed by atoms with E-state index < -0.39 is 18.3 Å². The first kappa shape index (κ1) is 10.5. The Bertz CT molecular complexity index is 345. The summed E-state index contributed by atoms with van der Waals surface area (Å²) in [6, 6.07) is -0.649. The van der Waals surface area contributed by atoms with Crippen molar-refractivity contribution < 1.29 is 19.1 Å². The quantitative estimate of drug-likeness (QED) is 0.514. The average Bonchev–Trinajstić information content (AvgIpc) is 2.71. The van der Waals surface area contributed by atoms with Crippen molar-refractivity contribution in [3.8, 4) is 0 Å². The van der Waals surface area contributed by atoms with Crippen molar-refractivity contribution in [3.05, 3.63) is 0 Å². The smallest absolute Gasteiger partial charge is 0.320 e. The van der Waals surface area contributed by atoms with Gasteiger partial charge in [0.15, 0.2) is 0 Å². The third-order valence-corrected chi connectivity index (χ3v) is 2.54. The van der Waals surface area contributed by atoms with E-state index in [4.69, 9.17) is 0 Å². The fourth-order valence-corrected chi connectivity index (χ4v) is 1.75. The molecule has 8 nitrogen and oxygen atoms in total. The molecule has 0 saturated carbocycles. The molecular weight excluding hydrogens is 216 g/mol. The van der Waals surface area contributed by atoms with Crippen LogP contribution in [0, 0.1) is 0 Å². The first-order valence-electron chi connectivity index (χ1n) is 4.83. The van der Waals surface area contributed by atoms with Gasteiger partial charge in [-0.2, -0.15) is 0 Å². The van der Waals surface area contributed by atoms with Crippen LogP contribution in [0.25, 0.3) is 0 Å². The molecule has 2 atom stereocenters. The second-order valence-electron chi connectivity index (χ2n) is 3.51. The van der Waals surface area contributed by atoms with Crippen LogP contribution in [0.4, 0.5) is 9.59 Å². The van der Waals surface area contributed by atoms with E-state index in [9.17, 15) is 14.4 Å². The number of carbonyl (C=O) groups is 3. The second-order valence-corrected chi connectivity index (χ2v) is 3.51. The van der Waals surface area contributed by atoms with Gasteiger partial charge in [0.25, 0.3) is 0 Å². The molecule has 0 radical (unpaired) electrons. The Kier molecular flexibility index (Phi) is 2.55. The van der Waals surface area contributed by atoms with E-state index in [0.29, 0.717) is 0 Å². The molecule has 2 fully saturated rings. The first-order valence-corrected chi connectivity index (χ1v) is 4.83. The van der Waals surface area contributed by atoms with Gasteiger partial charge in [-0.05, 0) is 0 Å². The Hall–Kier alpha value is -1.99. The van der Waals surface area contributed by atoms with Crippen molar-refractivity contribution in [1.29, 1.82) is 0 Å². The van der Waals surface area contributed by atoms with Crippen LogP contribution >= 0.6 is 0 Å². The lowest BCUT2D eigenvalue weighted by atomic mass is 10.3. The zero-order valence-corrected chi connectivity index (χ0v) is 8.65. The fraction of sp³-hybridized carbons (Fsp3) is 0.625. The first-order chi connectivity index (χ1) is 7.61. The van der Waals surface area contributed by atoms with Gasteiger partial charge in [-0.15, -0.1) is 0 Å². The van der Waals surface area contributed by atoms with E-state index in [1.807, 2.05) is 0 Å². The van der Waals surface area contributed by atoms with Crippen LogP contribution in [-0.4, -0.2) is 48.9 Å². The summed E-state index contributed by atoms with van der Waals surface area (Å²) in [4.78, 5) is 34.8. The maximum Gasteiger partial charge on any atom is 0.320 e. The summed E-state index contributed by atoms with van der Waals surface area (Å²) in [5.41, 5.74) is 0. The lowest BCUT2D eigenvalue weighted by molar-refractivity contribution is -0.140. The number of rotatable bonds is 3. The molecule has 2 aliphatic rings. The van der Waals surface area contributed by atoms with E-state index in [-0.39, 0.29) is 25.0 Å². The molecule has 0 aromatic heterocycles. The molecule has 0 bridgehead atoms. The molecule has 2 aliphatic heterocycles. The molecule has 0 aromatic carbocycles. The Morgan fingerprint density at radius 2 is 2.12 bits per heavy atom. The number of esters is 1. The summed E-state index contributed by atoms with van der Waals surface area (Å²) in [6.45, 7) is 0.210. The number of ether oxygens (including phenoxy) is 1. The summed E-state index contributed by atoms with van der Waals surface area (Å²) in [7, 11) is 1.29. The van der Waals surface area contributed by atoms with Crippen LogP contribution in [0.5, 0.6) is 0 Å². The molecule has 3 N–H and O–H groups in total. The van der Waals surface area contributed by atoms with E-state index in [1.54, 1.807) is 0 Å². The van der Waals surface area contributed by atoms with Gasteiger partial charge in [-0.1, -0.05) is 0 Å². The van der Waals surface area contributed by atoms with Gasteiger partial charge in [-0.25, -0.2) is 9.59 Å². The number of hydrogen-bond acceptors (Lipinski definition) is 4. The number of urea groups is 2. The molecule has 0 aromatic rings. The second kappa shape index (κ2) is 3.87. The summed E-state index contributed by atoms with van der Waals surface area (Å²) < 4.78 is 4.48. The van der Waals surface area contributed by atoms with E-state index in [1.165, 1.54) is 12.0 Å². The normalized spacial score (nSPS) is 26.9. The van der Waals surface area contributed by atoms with Crippen molar-refractivity contribution in [2.45, 2.75) is 18.8 Å². The van der Waals surface area contributed by atoms with E-state index in [2.05, 4.69) is 20.7 Å². The summed E-state index contributed by atoms with van der Waals surface area (Å²) >= 11 is 0. The number of fused-ring (bicyclic) bond motifs is 1.